The smallest absolute Gasteiger partial charge is 0.410 e. The number of carbonyl (C=O) groups excluding carboxylic acids is 1. The van der Waals surface area contributed by atoms with Gasteiger partial charge in [0.25, 0.3) is 0 Å². The summed E-state index contributed by atoms with van der Waals surface area (Å²) in [5.41, 5.74) is -0.438. The molecular formula is C13H26N2O3. The van der Waals surface area contributed by atoms with Crippen LogP contribution in [0.5, 0.6) is 0 Å². The topological polar surface area (TPSA) is 42.0 Å². The molecule has 1 amide bonds. The van der Waals surface area contributed by atoms with Gasteiger partial charge in [-0.15, -0.1) is 0 Å². The molecule has 1 fully saturated rings. The molecule has 1 aliphatic rings. The number of rotatable bonds is 3. The summed E-state index contributed by atoms with van der Waals surface area (Å²) in [7, 11) is 3.76. The number of carbonyl (C=O) groups is 1. The van der Waals surface area contributed by atoms with Gasteiger partial charge in [0.2, 0.25) is 0 Å². The fourth-order valence-electron chi connectivity index (χ4n) is 2.07. The number of amides is 1. The monoisotopic (exact) mass is 258 g/mol. The summed E-state index contributed by atoms with van der Waals surface area (Å²) in [6.07, 6.45) is 0.636. The lowest BCUT2D eigenvalue weighted by atomic mass is 10.1. The van der Waals surface area contributed by atoms with Crippen molar-refractivity contribution in [2.45, 2.75) is 38.8 Å². The lowest BCUT2D eigenvalue weighted by Gasteiger charge is -2.40. The first kappa shape index (κ1) is 15.2. The molecule has 0 aliphatic carbocycles. The largest absolute Gasteiger partial charge is 0.444 e. The summed E-state index contributed by atoms with van der Waals surface area (Å²) < 4.78 is 10.6. The number of piperazine rings is 1. The molecule has 0 spiro atoms. The molecule has 0 aromatic rings. The SMILES string of the molecule is COCC[C@H]1CN(C)CCN1C(=O)OC(C)(C)C. The van der Waals surface area contributed by atoms with E-state index in [0.717, 1.165) is 26.1 Å². The van der Waals surface area contributed by atoms with Crippen molar-refractivity contribution < 1.29 is 14.3 Å². The van der Waals surface area contributed by atoms with Gasteiger partial charge in [0.05, 0.1) is 0 Å². The number of nitrogens with zero attached hydrogens (tertiary/aromatic N) is 2. The molecule has 0 saturated carbocycles. The Balaban J connectivity index is 2.61. The number of hydrogen-bond donors (Lipinski definition) is 0. The average Bonchev–Trinajstić information content (AvgIpc) is 2.23. The molecule has 0 aromatic heterocycles. The van der Waals surface area contributed by atoms with Crippen LogP contribution in [0.25, 0.3) is 0 Å². The van der Waals surface area contributed by atoms with Gasteiger partial charge in [0, 0.05) is 39.4 Å². The number of likely N-dealkylation sites (N-methyl/N-ethyl adjacent to an activating group) is 1. The second-order valence-corrected chi connectivity index (χ2v) is 5.87. The van der Waals surface area contributed by atoms with E-state index in [2.05, 4.69) is 11.9 Å². The Morgan fingerprint density at radius 2 is 2.00 bits per heavy atom. The van der Waals surface area contributed by atoms with E-state index in [1.165, 1.54) is 0 Å². The Bertz CT molecular complexity index is 276. The van der Waals surface area contributed by atoms with Crippen LogP contribution in [0, 0.1) is 0 Å². The average molecular weight is 258 g/mol. The summed E-state index contributed by atoms with van der Waals surface area (Å²) in [6, 6.07) is 0.179. The molecule has 1 saturated heterocycles. The molecule has 1 aliphatic heterocycles. The zero-order valence-corrected chi connectivity index (χ0v) is 12.2. The van der Waals surface area contributed by atoms with Gasteiger partial charge in [-0.3, -0.25) is 0 Å². The molecular weight excluding hydrogens is 232 g/mol. The Morgan fingerprint density at radius 1 is 1.33 bits per heavy atom. The van der Waals surface area contributed by atoms with Crippen LogP contribution in [0.3, 0.4) is 0 Å². The summed E-state index contributed by atoms with van der Waals surface area (Å²) in [5.74, 6) is 0. The number of methoxy groups -OCH3 is 1. The van der Waals surface area contributed by atoms with Crippen LogP contribution < -0.4 is 0 Å². The van der Waals surface area contributed by atoms with Crippen LogP contribution in [0.15, 0.2) is 0 Å². The van der Waals surface area contributed by atoms with Gasteiger partial charge >= 0.3 is 6.09 Å². The minimum Gasteiger partial charge on any atom is -0.444 e. The van der Waals surface area contributed by atoms with Gasteiger partial charge in [0.1, 0.15) is 5.60 Å². The third kappa shape index (κ3) is 4.82. The highest BCUT2D eigenvalue weighted by Gasteiger charge is 2.31. The second kappa shape index (κ2) is 6.38. The molecule has 0 radical (unpaired) electrons. The molecule has 0 aromatic carbocycles. The van der Waals surface area contributed by atoms with E-state index in [0.29, 0.717) is 6.61 Å². The Hall–Kier alpha value is -0.810. The molecule has 0 unspecified atom stereocenters. The molecule has 5 nitrogen and oxygen atoms in total. The van der Waals surface area contributed by atoms with Crippen molar-refractivity contribution in [3.8, 4) is 0 Å². The lowest BCUT2D eigenvalue weighted by molar-refractivity contribution is -0.00314. The molecule has 1 atom stereocenters. The predicted molar refractivity (Wildman–Crippen MR) is 70.7 cm³/mol. The first-order chi connectivity index (χ1) is 8.33. The van der Waals surface area contributed by atoms with E-state index >= 15 is 0 Å². The highest BCUT2D eigenvalue weighted by molar-refractivity contribution is 5.68. The van der Waals surface area contributed by atoms with E-state index in [1.54, 1.807) is 7.11 Å². The molecule has 1 rings (SSSR count). The zero-order chi connectivity index (χ0) is 13.8. The van der Waals surface area contributed by atoms with Crippen LogP contribution in [0.2, 0.25) is 0 Å². The van der Waals surface area contributed by atoms with E-state index in [1.807, 2.05) is 25.7 Å². The minimum absolute atomic E-state index is 0.179. The maximum absolute atomic E-state index is 12.1. The Morgan fingerprint density at radius 3 is 2.56 bits per heavy atom. The van der Waals surface area contributed by atoms with Crippen molar-refractivity contribution in [2.75, 3.05) is 40.4 Å². The number of ether oxygens (including phenoxy) is 2. The first-order valence-corrected chi connectivity index (χ1v) is 6.50. The summed E-state index contributed by atoms with van der Waals surface area (Å²) in [4.78, 5) is 16.2. The molecule has 5 heteroatoms. The standard InChI is InChI=1S/C13H26N2O3/c1-13(2,3)18-12(16)15-8-7-14(4)10-11(15)6-9-17-5/h11H,6-10H2,1-5H3/t11-/m0/s1. The third-order valence-corrected chi connectivity index (χ3v) is 2.97. The van der Waals surface area contributed by atoms with Crippen molar-refractivity contribution in [3.63, 3.8) is 0 Å². The van der Waals surface area contributed by atoms with Gasteiger partial charge in [0.15, 0.2) is 0 Å². The third-order valence-electron chi connectivity index (χ3n) is 2.97. The van der Waals surface area contributed by atoms with Crippen molar-refractivity contribution >= 4 is 6.09 Å². The molecule has 0 N–H and O–H groups in total. The van der Waals surface area contributed by atoms with Gasteiger partial charge in [-0.25, -0.2) is 4.79 Å². The van der Waals surface area contributed by atoms with Crippen LogP contribution in [0.4, 0.5) is 4.79 Å². The summed E-state index contributed by atoms with van der Waals surface area (Å²) in [5, 5.41) is 0. The highest BCUT2D eigenvalue weighted by Crippen LogP contribution is 2.17. The highest BCUT2D eigenvalue weighted by atomic mass is 16.6. The van der Waals surface area contributed by atoms with Crippen molar-refractivity contribution in [1.82, 2.24) is 9.80 Å². The number of hydrogen-bond acceptors (Lipinski definition) is 4. The normalized spacial score (nSPS) is 22.1. The molecule has 0 bridgehead atoms. The van der Waals surface area contributed by atoms with E-state index in [9.17, 15) is 4.79 Å². The Labute approximate surface area is 110 Å². The molecule has 18 heavy (non-hydrogen) atoms. The van der Waals surface area contributed by atoms with Crippen LogP contribution in [-0.2, 0) is 9.47 Å². The van der Waals surface area contributed by atoms with Crippen molar-refractivity contribution in [1.29, 1.82) is 0 Å². The van der Waals surface area contributed by atoms with Crippen molar-refractivity contribution in [2.24, 2.45) is 0 Å². The molecule has 1 heterocycles. The molecule has 106 valence electrons. The fraction of sp³-hybridized carbons (Fsp3) is 0.923. The van der Waals surface area contributed by atoms with E-state index in [4.69, 9.17) is 9.47 Å². The second-order valence-electron chi connectivity index (χ2n) is 5.87. The van der Waals surface area contributed by atoms with Gasteiger partial charge in [-0.1, -0.05) is 0 Å². The lowest BCUT2D eigenvalue weighted by Crippen LogP contribution is -2.55. The summed E-state index contributed by atoms with van der Waals surface area (Å²) in [6.45, 7) is 8.84. The van der Waals surface area contributed by atoms with Gasteiger partial charge in [-0.2, -0.15) is 0 Å². The minimum atomic E-state index is -0.438. The van der Waals surface area contributed by atoms with Gasteiger partial charge < -0.3 is 19.3 Å². The fourth-order valence-corrected chi connectivity index (χ4v) is 2.07. The Kier molecular flexibility index (Phi) is 5.41. The van der Waals surface area contributed by atoms with Crippen LogP contribution in [-0.4, -0.2) is 67.9 Å². The van der Waals surface area contributed by atoms with Gasteiger partial charge in [-0.05, 0) is 34.2 Å². The van der Waals surface area contributed by atoms with E-state index in [-0.39, 0.29) is 12.1 Å². The zero-order valence-electron chi connectivity index (χ0n) is 12.2. The summed E-state index contributed by atoms with van der Waals surface area (Å²) >= 11 is 0. The predicted octanol–water partition coefficient (Wildman–Crippen LogP) is 1.57. The van der Waals surface area contributed by atoms with Crippen LogP contribution in [0.1, 0.15) is 27.2 Å². The van der Waals surface area contributed by atoms with Crippen molar-refractivity contribution in [3.05, 3.63) is 0 Å². The maximum atomic E-state index is 12.1. The van der Waals surface area contributed by atoms with E-state index < -0.39 is 5.60 Å². The first-order valence-electron chi connectivity index (χ1n) is 6.50. The quantitative estimate of drug-likeness (QED) is 0.770. The van der Waals surface area contributed by atoms with Crippen LogP contribution >= 0.6 is 0 Å². The maximum Gasteiger partial charge on any atom is 0.410 e.